The Morgan fingerprint density at radius 2 is 1.75 bits per heavy atom. The van der Waals surface area contributed by atoms with E-state index >= 15 is 0 Å². The standard InChI is InChI=1S/C16H22O4/c1-11(2)9-14(15(17)18)20-16(19)12(3)10-13-7-5-4-6-8-13/h4-8,11-12,14H,9-10H2,1-3H3,(H,17,18)/t12-,14?/m1/s1. The van der Waals surface area contributed by atoms with Crippen LogP contribution in [-0.2, 0) is 20.7 Å². The van der Waals surface area contributed by atoms with Gasteiger partial charge in [-0.25, -0.2) is 4.79 Å². The van der Waals surface area contributed by atoms with E-state index in [0.717, 1.165) is 5.56 Å². The first-order valence-electron chi connectivity index (χ1n) is 6.87. The van der Waals surface area contributed by atoms with E-state index in [1.54, 1.807) is 6.92 Å². The first-order valence-corrected chi connectivity index (χ1v) is 6.87. The second kappa shape index (κ2) is 7.68. The van der Waals surface area contributed by atoms with Crippen molar-refractivity contribution in [3.63, 3.8) is 0 Å². The van der Waals surface area contributed by atoms with Crippen molar-refractivity contribution in [1.82, 2.24) is 0 Å². The van der Waals surface area contributed by atoms with Crippen LogP contribution >= 0.6 is 0 Å². The monoisotopic (exact) mass is 278 g/mol. The molecule has 1 unspecified atom stereocenters. The third-order valence-electron chi connectivity index (χ3n) is 3.01. The first-order chi connectivity index (χ1) is 9.40. The summed E-state index contributed by atoms with van der Waals surface area (Å²) in [5.74, 6) is -1.74. The molecule has 0 aliphatic heterocycles. The number of benzene rings is 1. The minimum atomic E-state index is -1.08. The average molecular weight is 278 g/mol. The Hall–Kier alpha value is -1.84. The lowest BCUT2D eigenvalue weighted by Gasteiger charge is -2.18. The van der Waals surface area contributed by atoms with Gasteiger partial charge in [0, 0.05) is 0 Å². The molecule has 110 valence electrons. The van der Waals surface area contributed by atoms with Gasteiger partial charge in [0.25, 0.3) is 0 Å². The fraction of sp³-hybridized carbons (Fsp3) is 0.500. The maximum absolute atomic E-state index is 12.0. The third kappa shape index (κ3) is 5.43. The second-order valence-corrected chi connectivity index (χ2v) is 5.48. The molecule has 1 aromatic carbocycles. The predicted octanol–water partition coefficient (Wildman–Crippen LogP) is 2.91. The highest BCUT2D eigenvalue weighted by Gasteiger charge is 2.26. The second-order valence-electron chi connectivity index (χ2n) is 5.48. The van der Waals surface area contributed by atoms with Crippen molar-refractivity contribution in [1.29, 1.82) is 0 Å². The molecule has 0 radical (unpaired) electrons. The molecule has 0 spiro atoms. The topological polar surface area (TPSA) is 63.6 Å². The number of rotatable bonds is 7. The maximum Gasteiger partial charge on any atom is 0.345 e. The van der Waals surface area contributed by atoms with Crippen molar-refractivity contribution in [3.05, 3.63) is 35.9 Å². The first kappa shape index (κ1) is 16.2. The van der Waals surface area contributed by atoms with Crippen LogP contribution < -0.4 is 0 Å². The average Bonchev–Trinajstić information content (AvgIpc) is 2.38. The molecule has 1 aromatic rings. The van der Waals surface area contributed by atoms with Crippen molar-refractivity contribution < 1.29 is 19.4 Å². The smallest absolute Gasteiger partial charge is 0.345 e. The Morgan fingerprint density at radius 1 is 1.15 bits per heavy atom. The zero-order chi connectivity index (χ0) is 15.1. The van der Waals surface area contributed by atoms with E-state index in [2.05, 4.69) is 0 Å². The number of hydrogen-bond donors (Lipinski definition) is 1. The number of carboxylic acid groups (broad SMARTS) is 1. The number of carbonyl (C=O) groups is 2. The third-order valence-corrected chi connectivity index (χ3v) is 3.01. The Kier molecular flexibility index (Phi) is 6.22. The molecule has 0 aliphatic rings. The summed E-state index contributed by atoms with van der Waals surface area (Å²) >= 11 is 0. The summed E-state index contributed by atoms with van der Waals surface area (Å²) in [5, 5.41) is 9.07. The molecule has 0 amide bonds. The summed E-state index contributed by atoms with van der Waals surface area (Å²) in [4.78, 5) is 23.0. The number of carboxylic acids is 1. The lowest BCUT2D eigenvalue weighted by molar-refractivity contribution is -0.167. The van der Waals surface area contributed by atoms with Gasteiger partial charge in [-0.15, -0.1) is 0 Å². The van der Waals surface area contributed by atoms with Crippen molar-refractivity contribution in [2.24, 2.45) is 11.8 Å². The van der Waals surface area contributed by atoms with Gasteiger partial charge in [-0.2, -0.15) is 0 Å². The van der Waals surface area contributed by atoms with Gasteiger partial charge in [0.15, 0.2) is 6.10 Å². The van der Waals surface area contributed by atoms with E-state index in [0.29, 0.717) is 12.8 Å². The van der Waals surface area contributed by atoms with E-state index in [1.165, 1.54) is 0 Å². The molecule has 4 heteroatoms. The molecule has 0 bridgehead atoms. The molecule has 0 saturated carbocycles. The summed E-state index contributed by atoms with van der Waals surface area (Å²) in [7, 11) is 0. The van der Waals surface area contributed by atoms with Crippen LogP contribution in [0, 0.1) is 11.8 Å². The Morgan fingerprint density at radius 3 is 2.25 bits per heavy atom. The number of hydrogen-bond acceptors (Lipinski definition) is 3. The van der Waals surface area contributed by atoms with Gasteiger partial charge in [0.2, 0.25) is 0 Å². The van der Waals surface area contributed by atoms with Gasteiger partial charge in [-0.1, -0.05) is 51.1 Å². The van der Waals surface area contributed by atoms with Crippen molar-refractivity contribution in [2.45, 2.75) is 39.7 Å². The molecule has 0 heterocycles. The van der Waals surface area contributed by atoms with Crippen LogP contribution in [0.3, 0.4) is 0 Å². The molecule has 20 heavy (non-hydrogen) atoms. The molecule has 0 saturated heterocycles. The summed E-state index contributed by atoms with van der Waals surface area (Å²) in [6.45, 7) is 5.55. The van der Waals surface area contributed by atoms with Crippen LogP contribution in [0.1, 0.15) is 32.8 Å². The minimum Gasteiger partial charge on any atom is -0.479 e. The van der Waals surface area contributed by atoms with E-state index in [9.17, 15) is 9.59 Å². The molecule has 1 rings (SSSR count). The minimum absolute atomic E-state index is 0.160. The quantitative estimate of drug-likeness (QED) is 0.779. The molecule has 0 fully saturated rings. The van der Waals surface area contributed by atoms with Gasteiger partial charge in [-0.3, -0.25) is 4.79 Å². The predicted molar refractivity (Wildman–Crippen MR) is 76.3 cm³/mol. The van der Waals surface area contributed by atoms with Crippen LogP contribution in [0.5, 0.6) is 0 Å². The Balaban J connectivity index is 2.57. The summed E-state index contributed by atoms with van der Waals surface area (Å²) in [6, 6.07) is 9.60. The lowest BCUT2D eigenvalue weighted by atomic mass is 10.0. The highest BCUT2D eigenvalue weighted by atomic mass is 16.6. The highest BCUT2D eigenvalue weighted by Crippen LogP contribution is 2.14. The SMILES string of the molecule is CC(C)CC(OC(=O)[C@H](C)Cc1ccccc1)C(=O)O. The number of esters is 1. The van der Waals surface area contributed by atoms with E-state index in [4.69, 9.17) is 9.84 Å². The van der Waals surface area contributed by atoms with E-state index in [1.807, 2.05) is 44.2 Å². The number of carbonyl (C=O) groups excluding carboxylic acids is 1. The van der Waals surface area contributed by atoms with Crippen molar-refractivity contribution in [2.75, 3.05) is 0 Å². The molecule has 0 aromatic heterocycles. The summed E-state index contributed by atoms with van der Waals surface area (Å²) in [6.07, 6.45) is -0.173. The van der Waals surface area contributed by atoms with Gasteiger partial charge < -0.3 is 9.84 Å². The van der Waals surface area contributed by atoms with Crippen LogP contribution in [0.2, 0.25) is 0 Å². The molecular weight excluding hydrogens is 256 g/mol. The van der Waals surface area contributed by atoms with E-state index < -0.39 is 18.0 Å². The fourth-order valence-corrected chi connectivity index (χ4v) is 1.93. The van der Waals surface area contributed by atoms with E-state index in [-0.39, 0.29) is 11.8 Å². The fourth-order valence-electron chi connectivity index (χ4n) is 1.93. The van der Waals surface area contributed by atoms with Crippen LogP contribution in [0.15, 0.2) is 30.3 Å². The molecule has 2 atom stereocenters. The van der Waals surface area contributed by atoms with Gasteiger partial charge in [0.05, 0.1) is 5.92 Å². The number of aliphatic carboxylic acids is 1. The summed E-state index contributed by atoms with van der Waals surface area (Å²) < 4.78 is 5.12. The highest BCUT2D eigenvalue weighted by molar-refractivity contribution is 5.79. The van der Waals surface area contributed by atoms with Gasteiger partial charge >= 0.3 is 11.9 Å². The zero-order valence-corrected chi connectivity index (χ0v) is 12.2. The van der Waals surface area contributed by atoms with Gasteiger partial charge in [0.1, 0.15) is 0 Å². The van der Waals surface area contributed by atoms with Crippen LogP contribution in [0.25, 0.3) is 0 Å². The molecular formula is C16H22O4. The summed E-state index contributed by atoms with van der Waals surface area (Å²) in [5.41, 5.74) is 1.03. The van der Waals surface area contributed by atoms with Gasteiger partial charge in [-0.05, 0) is 24.3 Å². The molecule has 1 N–H and O–H groups in total. The lowest BCUT2D eigenvalue weighted by Crippen LogP contribution is -2.31. The maximum atomic E-state index is 12.0. The van der Waals surface area contributed by atoms with Crippen LogP contribution in [-0.4, -0.2) is 23.1 Å². The normalized spacial score (nSPS) is 13.8. The Labute approximate surface area is 119 Å². The zero-order valence-electron chi connectivity index (χ0n) is 12.2. The molecule has 4 nitrogen and oxygen atoms in total. The van der Waals surface area contributed by atoms with Crippen molar-refractivity contribution >= 4 is 11.9 Å². The number of ether oxygens (including phenoxy) is 1. The molecule has 0 aliphatic carbocycles. The van der Waals surface area contributed by atoms with Crippen LogP contribution in [0.4, 0.5) is 0 Å². The largest absolute Gasteiger partial charge is 0.479 e. The van der Waals surface area contributed by atoms with Crippen molar-refractivity contribution in [3.8, 4) is 0 Å². The Bertz CT molecular complexity index is 439.